The first kappa shape index (κ1) is 9.06. The van der Waals surface area contributed by atoms with Crippen molar-refractivity contribution in [2.75, 3.05) is 13.2 Å². The molecule has 3 heteroatoms. The van der Waals surface area contributed by atoms with Crippen molar-refractivity contribution in [3.8, 4) is 0 Å². The average Bonchev–Trinajstić information content (AvgIpc) is 1.83. The molecular weight excluding hydrogens is 133 g/mol. The minimum Gasteiger partial charge on any atom is -0.307 e. The van der Waals surface area contributed by atoms with Crippen molar-refractivity contribution < 1.29 is 4.79 Å². The van der Waals surface area contributed by atoms with E-state index in [0.29, 0.717) is 26.7 Å². The van der Waals surface area contributed by atoms with Crippen molar-refractivity contribution in [1.29, 1.82) is 0 Å². The quantitative estimate of drug-likeness (QED) is 0.596. The first-order chi connectivity index (χ1) is 4.16. The molecule has 0 aliphatic heterocycles. The number of carbonyl (C=O) groups is 1. The Morgan fingerprint density at radius 1 is 1.67 bits per heavy atom. The van der Waals surface area contributed by atoms with Gasteiger partial charge < -0.3 is 5.32 Å². The van der Waals surface area contributed by atoms with Crippen molar-refractivity contribution in [2.45, 2.75) is 19.9 Å². The van der Waals surface area contributed by atoms with E-state index >= 15 is 0 Å². The summed E-state index contributed by atoms with van der Waals surface area (Å²) in [5.74, 6) is 0. The van der Waals surface area contributed by atoms with Crippen LogP contribution in [0.25, 0.3) is 0 Å². The number of nitrogens with one attached hydrogen (secondary N) is 1. The highest BCUT2D eigenvalue weighted by molar-refractivity contribution is 7.57. The van der Waals surface area contributed by atoms with Gasteiger partial charge in [0.1, 0.15) is 0 Å². The summed E-state index contributed by atoms with van der Waals surface area (Å²) in [5.41, 5.74) is 0.309. The van der Waals surface area contributed by atoms with E-state index in [4.69, 9.17) is 0 Å². The molecule has 2 nitrogen and oxygen atoms in total. The highest BCUT2D eigenvalue weighted by Crippen LogP contribution is 2.01. The molecule has 0 aliphatic rings. The molecule has 0 bridgehead atoms. The Labute approximate surface area is 58.2 Å². The third-order valence-electron chi connectivity index (χ3n) is 0.950. The van der Waals surface area contributed by atoms with Gasteiger partial charge in [-0.3, -0.25) is 4.79 Å². The van der Waals surface area contributed by atoms with Crippen LogP contribution < -0.4 is 5.32 Å². The van der Waals surface area contributed by atoms with E-state index in [1.807, 2.05) is 20.5 Å². The van der Waals surface area contributed by atoms with Crippen molar-refractivity contribution in [1.82, 2.24) is 5.32 Å². The van der Waals surface area contributed by atoms with Crippen LogP contribution in [0.5, 0.6) is 0 Å². The summed E-state index contributed by atoms with van der Waals surface area (Å²) < 4.78 is 0. The zero-order chi connectivity index (χ0) is 7.28. The fourth-order valence-electron chi connectivity index (χ4n) is 0.385. The molecule has 0 rings (SSSR count). The summed E-state index contributed by atoms with van der Waals surface area (Å²) in [5, 5.41) is 3.05. The lowest BCUT2D eigenvalue weighted by atomic mass is 10.4. The van der Waals surface area contributed by atoms with Gasteiger partial charge in [-0.2, -0.15) is 0 Å². The van der Waals surface area contributed by atoms with Crippen molar-refractivity contribution >= 4 is 14.1 Å². The maximum Gasteiger partial charge on any atom is 0.164 e. The van der Waals surface area contributed by atoms with Gasteiger partial charge >= 0.3 is 0 Å². The van der Waals surface area contributed by atoms with Crippen LogP contribution in [0.15, 0.2) is 0 Å². The van der Waals surface area contributed by atoms with Crippen LogP contribution in [-0.4, -0.2) is 24.8 Å². The molecule has 1 atom stereocenters. The molecule has 1 unspecified atom stereocenters. The summed E-state index contributed by atoms with van der Waals surface area (Å²) in [4.78, 5) is 10.7. The minimum atomic E-state index is 0.309. The van der Waals surface area contributed by atoms with Crippen LogP contribution in [0.3, 0.4) is 0 Å². The largest absolute Gasteiger partial charge is 0.307 e. The van der Waals surface area contributed by atoms with Crippen molar-refractivity contribution in [3.05, 3.63) is 0 Å². The molecule has 0 heterocycles. The van der Waals surface area contributed by atoms with E-state index in [1.165, 1.54) is 0 Å². The number of rotatable bonds is 4. The summed E-state index contributed by atoms with van der Waals surface area (Å²) in [6, 6.07) is 0.422. The number of hydrogen-bond acceptors (Lipinski definition) is 2. The first-order valence-corrected chi connectivity index (χ1v) is 4.60. The van der Waals surface area contributed by atoms with E-state index in [9.17, 15) is 4.79 Å². The molecule has 0 radical (unpaired) electrons. The SMILES string of the molecule is CPC(=O)CNC(C)C. The molecule has 0 aromatic carbocycles. The van der Waals surface area contributed by atoms with E-state index in [1.54, 1.807) is 0 Å². The topological polar surface area (TPSA) is 29.1 Å². The van der Waals surface area contributed by atoms with E-state index in [0.717, 1.165) is 0 Å². The Kier molecular flexibility index (Phi) is 4.93. The van der Waals surface area contributed by atoms with Gasteiger partial charge in [0.2, 0.25) is 0 Å². The smallest absolute Gasteiger partial charge is 0.164 e. The van der Waals surface area contributed by atoms with Gasteiger partial charge in [0.25, 0.3) is 0 Å². The molecule has 0 amide bonds. The number of hydrogen-bond donors (Lipinski definition) is 1. The zero-order valence-corrected chi connectivity index (χ0v) is 7.19. The molecule has 0 aromatic rings. The van der Waals surface area contributed by atoms with Crippen LogP contribution in [0, 0.1) is 0 Å². The Hall–Kier alpha value is 0.0600. The molecule has 9 heavy (non-hydrogen) atoms. The van der Waals surface area contributed by atoms with Gasteiger partial charge in [-0.25, -0.2) is 0 Å². The van der Waals surface area contributed by atoms with Crippen LogP contribution in [0.4, 0.5) is 0 Å². The van der Waals surface area contributed by atoms with Gasteiger partial charge in [0, 0.05) is 6.04 Å². The first-order valence-electron chi connectivity index (χ1n) is 3.10. The second kappa shape index (κ2) is 4.89. The normalized spacial score (nSPS) is 11.6. The maximum absolute atomic E-state index is 10.7. The molecule has 1 N–H and O–H groups in total. The fourth-order valence-corrected chi connectivity index (χ4v) is 0.664. The second-order valence-electron chi connectivity index (χ2n) is 2.21. The van der Waals surface area contributed by atoms with Gasteiger partial charge in [-0.05, 0) is 6.66 Å². The van der Waals surface area contributed by atoms with E-state index in [-0.39, 0.29) is 0 Å². The molecule has 0 saturated heterocycles. The van der Waals surface area contributed by atoms with Crippen LogP contribution in [-0.2, 0) is 4.79 Å². The van der Waals surface area contributed by atoms with E-state index in [2.05, 4.69) is 5.32 Å². The second-order valence-corrected chi connectivity index (χ2v) is 3.27. The Balaban J connectivity index is 3.17. The molecule has 0 saturated carbocycles. The highest BCUT2D eigenvalue weighted by atomic mass is 31.1. The zero-order valence-electron chi connectivity index (χ0n) is 6.19. The van der Waals surface area contributed by atoms with Gasteiger partial charge in [0.15, 0.2) is 5.52 Å². The summed E-state index contributed by atoms with van der Waals surface area (Å²) >= 11 is 0. The van der Waals surface area contributed by atoms with Gasteiger partial charge in [0.05, 0.1) is 6.54 Å². The monoisotopic (exact) mass is 147 g/mol. The summed E-state index contributed by atoms with van der Waals surface area (Å²) in [6.07, 6.45) is 0. The third-order valence-corrected chi connectivity index (χ3v) is 1.68. The molecule has 0 spiro atoms. The fraction of sp³-hybridized carbons (Fsp3) is 0.833. The molecular formula is C6H14NOP. The summed E-state index contributed by atoms with van der Waals surface area (Å²) in [6.45, 7) is 6.51. The molecule has 0 fully saturated rings. The lowest BCUT2D eigenvalue weighted by Gasteiger charge is -2.04. The van der Waals surface area contributed by atoms with Crippen LogP contribution >= 0.6 is 8.58 Å². The molecule has 0 aromatic heterocycles. The van der Waals surface area contributed by atoms with Crippen LogP contribution in [0.2, 0.25) is 0 Å². The van der Waals surface area contributed by atoms with Crippen molar-refractivity contribution in [3.63, 3.8) is 0 Å². The predicted molar refractivity (Wildman–Crippen MR) is 42.4 cm³/mol. The van der Waals surface area contributed by atoms with Gasteiger partial charge in [-0.1, -0.05) is 22.4 Å². The standard InChI is InChI=1S/C6H14NOP/c1-5(2)7-4-6(8)9-3/h5,7,9H,4H2,1-3H3. The predicted octanol–water partition coefficient (Wildman–Crippen LogP) is 0.819. The molecule has 54 valence electrons. The van der Waals surface area contributed by atoms with Gasteiger partial charge in [-0.15, -0.1) is 0 Å². The lowest BCUT2D eigenvalue weighted by molar-refractivity contribution is -0.110. The third kappa shape index (κ3) is 5.94. The van der Waals surface area contributed by atoms with Crippen molar-refractivity contribution in [2.24, 2.45) is 0 Å². The Bertz CT molecular complexity index is 93.1. The summed E-state index contributed by atoms with van der Waals surface area (Å²) in [7, 11) is 0.430. The Morgan fingerprint density at radius 2 is 2.22 bits per heavy atom. The lowest BCUT2D eigenvalue weighted by Crippen LogP contribution is -2.27. The van der Waals surface area contributed by atoms with Crippen LogP contribution in [0.1, 0.15) is 13.8 Å². The maximum atomic E-state index is 10.7. The minimum absolute atomic E-state index is 0.309. The highest BCUT2D eigenvalue weighted by Gasteiger charge is 1.97. The molecule has 0 aliphatic carbocycles. The Morgan fingerprint density at radius 3 is 2.56 bits per heavy atom. The average molecular weight is 147 g/mol. The van der Waals surface area contributed by atoms with E-state index < -0.39 is 0 Å². The number of carbonyl (C=O) groups excluding carboxylic acids is 1.